The van der Waals surface area contributed by atoms with Gasteiger partial charge in [0.05, 0.1) is 7.11 Å². The zero-order valence-corrected chi connectivity index (χ0v) is 11.8. The number of nitrogens with zero attached hydrogens (tertiary/aromatic N) is 1. The van der Waals surface area contributed by atoms with Gasteiger partial charge in [-0.3, -0.25) is 9.59 Å². The van der Waals surface area contributed by atoms with Crippen LogP contribution in [0.5, 0.6) is 5.75 Å². The van der Waals surface area contributed by atoms with Crippen LogP contribution in [0, 0.1) is 0 Å². The predicted octanol–water partition coefficient (Wildman–Crippen LogP) is 2.75. The Kier molecular flexibility index (Phi) is 4.84. The Labute approximate surface area is 120 Å². The second-order valence-electron chi connectivity index (χ2n) is 4.04. The molecule has 1 N–H and O–H groups in total. The highest BCUT2D eigenvalue weighted by molar-refractivity contribution is 7.13. The van der Waals surface area contributed by atoms with Gasteiger partial charge in [0.1, 0.15) is 5.75 Å². The lowest BCUT2D eigenvalue weighted by Gasteiger charge is -2.04. The van der Waals surface area contributed by atoms with Gasteiger partial charge < -0.3 is 10.1 Å². The van der Waals surface area contributed by atoms with Crippen LogP contribution in [-0.4, -0.2) is 23.8 Å². The van der Waals surface area contributed by atoms with Gasteiger partial charge in [-0.15, -0.1) is 11.3 Å². The number of ketones is 1. The molecular weight excluding hydrogens is 276 g/mol. The van der Waals surface area contributed by atoms with E-state index in [0.29, 0.717) is 16.4 Å². The van der Waals surface area contributed by atoms with Gasteiger partial charge in [-0.2, -0.15) is 0 Å². The Hall–Kier alpha value is -2.21. The van der Waals surface area contributed by atoms with Crippen LogP contribution in [0.15, 0.2) is 35.8 Å². The van der Waals surface area contributed by atoms with Crippen molar-refractivity contribution in [1.82, 2.24) is 4.98 Å². The van der Waals surface area contributed by atoms with Crippen molar-refractivity contribution in [3.8, 4) is 5.75 Å². The van der Waals surface area contributed by atoms with Gasteiger partial charge in [0.2, 0.25) is 5.91 Å². The first kappa shape index (κ1) is 14.2. The molecule has 1 heterocycles. The number of rotatable bonds is 6. The molecule has 1 amide bonds. The summed E-state index contributed by atoms with van der Waals surface area (Å²) < 4.78 is 5.06. The number of hydrogen-bond donors (Lipinski definition) is 1. The number of anilines is 1. The molecule has 0 aliphatic heterocycles. The highest BCUT2D eigenvalue weighted by Crippen LogP contribution is 2.15. The van der Waals surface area contributed by atoms with Crippen molar-refractivity contribution in [1.29, 1.82) is 0 Å². The molecule has 0 saturated heterocycles. The van der Waals surface area contributed by atoms with Crippen LogP contribution in [0.3, 0.4) is 0 Å². The average molecular weight is 290 g/mol. The third-order valence-electron chi connectivity index (χ3n) is 2.65. The predicted molar refractivity (Wildman–Crippen MR) is 77.3 cm³/mol. The molecule has 0 fully saturated rings. The lowest BCUT2D eigenvalue weighted by atomic mass is 10.1. The summed E-state index contributed by atoms with van der Waals surface area (Å²) >= 11 is 1.34. The summed E-state index contributed by atoms with van der Waals surface area (Å²) in [5.41, 5.74) is 0.548. The number of ether oxygens (including phenoxy) is 1. The van der Waals surface area contributed by atoms with Gasteiger partial charge in [0.15, 0.2) is 10.9 Å². The van der Waals surface area contributed by atoms with Gasteiger partial charge in [-0.05, 0) is 12.1 Å². The SMILES string of the molecule is COc1cccc(C(=O)CCC(=O)Nc2nccs2)c1. The minimum atomic E-state index is -0.212. The summed E-state index contributed by atoms with van der Waals surface area (Å²) in [6.45, 7) is 0. The van der Waals surface area contributed by atoms with Crippen molar-refractivity contribution in [2.24, 2.45) is 0 Å². The molecular formula is C14H14N2O3S. The highest BCUT2D eigenvalue weighted by Gasteiger charge is 2.10. The van der Waals surface area contributed by atoms with Crippen molar-refractivity contribution in [2.45, 2.75) is 12.8 Å². The third-order valence-corrected chi connectivity index (χ3v) is 3.34. The second kappa shape index (κ2) is 6.81. The van der Waals surface area contributed by atoms with E-state index in [1.807, 2.05) is 0 Å². The number of carbonyl (C=O) groups is 2. The molecule has 0 radical (unpaired) electrons. The first-order valence-electron chi connectivity index (χ1n) is 6.05. The zero-order valence-electron chi connectivity index (χ0n) is 11.0. The fraction of sp³-hybridized carbons (Fsp3) is 0.214. The Bertz CT molecular complexity index is 596. The first-order valence-corrected chi connectivity index (χ1v) is 6.93. The number of thiazole rings is 1. The van der Waals surface area contributed by atoms with Gasteiger partial charge in [0.25, 0.3) is 0 Å². The van der Waals surface area contributed by atoms with E-state index in [-0.39, 0.29) is 24.5 Å². The Morgan fingerprint density at radius 2 is 2.20 bits per heavy atom. The summed E-state index contributed by atoms with van der Waals surface area (Å²) in [5, 5.41) is 4.96. The molecule has 0 atom stereocenters. The molecule has 0 aliphatic rings. The number of aromatic nitrogens is 1. The molecule has 0 aliphatic carbocycles. The number of carbonyl (C=O) groups excluding carboxylic acids is 2. The van der Waals surface area contributed by atoms with E-state index in [1.165, 1.54) is 11.3 Å². The summed E-state index contributed by atoms with van der Waals surface area (Å²) in [7, 11) is 1.55. The van der Waals surface area contributed by atoms with Crippen molar-refractivity contribution in [3.05, 3.63) is 41.4 Å². The third kappa shape index (κ3) is 3.89. The van der Waals surface area contributed by atoms with Crippen molar-refractivity contribution in [2.75, 3.05) is 12.4 Å². The summed E-state index contributed by atoms with van der Waals surface area (Å²) in [5.74, 6) is 0.331. The number of nitrogens with one attached hydrogen (secondary N) is 1. The average Bonchev–Trinajstić information content (AvgIpc) is 2.97. The zero-order chi connectivity index (χ0) is 14.4. The molecule has 20 heavy (non-hydrogen) atoms. The first-order chi connectivity index (χ1) is 9.69. The second-order valence-corrected chi connectivity index (χ2v) is 4.94. The van der Waals surface area contributed by atoms with Crippen LogP contribution in [0.1, 0.15) is 23.2 Å². The molecule has 1 aromatic carbocycles. The van der Waals surface area contributed by atoms with E-state index < -0.39 is 0 Å². The maximum Gasteiger partial charge on any atom is 0.226 e. The standard InChI is InChI=1S/C14H14N2O3S/c1-19-11-4-2-3-10(9-11)12(17)5-6-13(18)16-14-15-7-8-20-14/h2-4,7-9H,5-6H2,1H3,(H,15,16,18). The van der Waals surface area contributed by atoms with E-state index in [0.717, 1.165) is 0 Å². The van der Waals surface area contributed by atoms with Crippen LogP contribution in [0.25, 0.3) is 0 Å². The lowest BCUT2D eigenvalue weighted by Crippen LogP contribution is -2.13. The summed E-state index contributed by atoms with van der Waals surface area (Å²) in [4.78, 5) is 27.6. The molecule has 0 saturated carbocycles. The van der Waals surface area contributed by atoms with E-state index in [1.54, 1.807) is 43.0 Å². The topological polar surface area (TPSA) is 68.3 Å². The van der Waals surface area contributed by atoms with Crippen LogP contribution in [-0.2, 0) is 4.79 Å². The largest absolute Gasteiger partial charge is 0.497 e. The molecule has 104 valence electrons. The minimum absolute atomic E-state index is 0.0850. The molecule has 1 aromatic heterocycles. The van der Waals surface area contributed by atoms with E-state index in [9.17, 15) is 9.59 Å². The molecule has 6 heteroatoms. The van der Waals surface area contributed by atoms with E-state index >= 15 is 0 Å². The maximum atomic E-state index is 12.0. The van der Waals surface area contributed by atoms with Crippen LogP contribution >= 0.6 is 11.3 Å². The van der Waals surface area contributed by atoms with Gasteiger partial charge >= 0.3 is 0 Å². The number of Topliss-reactive ketones (excluding diaryl/α,β-unsaturated/α-hetero) is 1. The van der Waals surface area contributed by atoms with Crippen LogP contribution < -0.4 is 10.1 Å². The molecule has 2 rings (SSSR count). The fourth-order valence-electron chi connectivity index (χ4n) is 1.63. The summed E-state index contributed by atoms with van der Waals surface area (Å²) in [6.07, 6.45) is 1.90. The van der Waals surface area contributed by atoms with Gasteiger partial charge in [0, 0.05) is 30.0 Å². The molecule has 0 unspecified atom stereocenters. The molecule has 2 aromatic rings. The normalized spacial score (nSPS) is 10.1. The van der Waals surface area contributed by atoms with E-state index in [2.05, 4.69) is 10.3 Å². The minimum Gasteiger partial charge on any atom is -0.497 e. The number of amides is 1. The van der Waals surface area contributed by atoms with Crippen molar-refractivity contribution < 1.29 is 14.3 Å². The van der Waals surface area contributed by atoms with Crippen molar-refractivity contribution >= 4 is 28.2 Å². The Morgan fingerprint density at radius 3 is 2.90 bits per heavy atom. The number of methoxy groups -OCH3 is 1. The molecule has 0 bridgehead atoms. The van der Waals surface area contributed by atoms with Gasteiger partial charge in [-0.25, -0.2) is 4.98 Å². The van der Waals surface area contributed by atoms with Crippen molar-refractivity contribution in [3.63, 3.8) is 0 Å². The summed E-state index contributed by atoms with van der Waals surface area (Å²) in [6, 6.07) is 6.90. The monoisotopic (exact) mass is 290 g/mol. The number of hydrogen-bond acceptors (Lipinski definition) is 5. The van der Waals surface area contributed by atoms with Crippen LogP contribution in [0.2, 0.25) is 0 Å². The molecule has 5 nitrogen and oxygen atoms in total. The van der Waals surface area contributed by atoms with E-state index in [4.69, 9.17) is 4.74 Å². The Balaban J connectivity index is 1.86. The van der Waals surface area contributed by atoms with Crippen LogP contribution in [0.4, 0.5) is 5.13 Å². The lowest BCUT2D eigenvalue weighted by molar-refractivity contribution is -0.116. The molecule has 0 spiro atoms. The number of benzene rings is 1. The fourth-order valence-corrected chi connectivity index (χ4v) is 2.18. The smallest absolute Gasteiger partial charge is 0.226 e. The highest BCUT2D eigenvalue weighted by atomic mass is 32.1. The van der Waals surface area contributed by atoms with Gasteiger partial charge in [-0.1, -0.05) is 12.1 Å². The quantitative estimate of drug-likeness (QED) is 0.831. The maximum absolute atomic E-state index is 12.0. The Morgan fingerprint density at radius 1 is 1.35 bits per heavy atom.